The summed E-state index contributed by atoms with van der Waals surface area (Å²) in [5, 5.41) is 2.24. The molecular weight excluding hydrogens is 240 g/mol. The first-order valence-electron chi connectivity index (χ1n) is 5.76. The molecule has 1 atom stereocenters. The van der Waals surface area contributed by atoms with Crippen molar-refractivity contribution in [3.63, 3.8) is 0 Å². The normalized spacial score (nSPS) is 12.6. The molecule has 0 fully saturated rings. The van der Waals surface area contributed by atoms with Crippen molar-refractivity contribution in [2.75, 3.05) is 0 Å². The summed E-state index contributed by atoms with van der Waals surface area (Å²) < 4.78 is 29.9. The van der Waals surface area contributed by atoms with Gasteiger partial charge in [0.25, 0.3) is 5.91 Å². The van der Waals surface area contributed by atoms with Gasteiger partial charge in [-0.1, -0.05) is 18.2 Å². The van der Waals surface area contributed by atoms with Crippen molar-refractivity contribution in [2.45, 2.75) is 39.3 Å². The molecule has 0 aliphatic rings. The molecule has 1 amide bonds. The van der Waals surface area contributed by atoms with Crippen molar-refractivity contribution >= 4 is 5.91 Å². The number of alkyl halides is 2. The van der Waals surface area contributed by atoms with E-state index in [1.165, 1.54) is 0 Å². The molecule has 0 saturated heterocycles. The van der Waals surface area contributed by atoms with Crippen LogP contribution < -0.4 is 10.1 Å². The zero-order valence-electron chi connectivity index (χ0n) is 10.6. The molecule has 0 heterocycles. The highest BCUT2D eigenvalue weighted by Crippen LogP contribution is 2.25. The number of hydrogen-bond acceptors (Lipinski definition) is 2. The van der Waals surface area contributed by atoms with Crippen LogP contribution in [0.25, 0.3) is 0 Å². The maximum atomic E-state index is 12.2. The molecule has 0 spiro atoms. The van der Waals surface area contributed by atoms with Gasteiger partial charge >= 0.3 is 6.43 Å². The molecule has 1 N–H and O–H groups in total. The average molecular weight is 257 g/mol. The second kappa shape index (κ2) is 6.33. The number of carbonyl (C=O) groups is 1. The second-order valence-corrected chi connectivity index (χ2v) is 4.24. The van der Waals surface area contributed by atoms with Crippen molar-refractivity contribution < 1.29 is 18.3 Å². The van der Waals surface area contributed by atoms with Crippen LogP contribution in [0.1, 0.15) is 32.4 Å². The van der Waals surface area contributed by atoms with Crippen molar-refractivity contribution in [3.8, 4) is 5.75 Å². The highest BCUT2D eigenvalue weighted by Gasteiger charge is 2.20. The number of para-hydroxylation sites is 1. The molecule has 0 aromatic heterocycles. The number of hydrogen-bond donors (Lipinski definition) is 1. The Labute approximate surface area is 105 Å². The number of halogens is 2. The predicted molar refractivity (Wildman–Crippen MR) is 64.8 cm³/mol. The van der Waals surface area contributed by atoms with Gasteiger partial charge in [-0.15, -0.1) is 0 Å². The van der Waals surface area contributed by atoms with E-state index in [-0.39, 0.29) is 6.10 Å². The molecule has 18 heavy (non-hydrogen) atoms. The minimum atomic E-state index is -3.01. The molecule has 0 aliphatic carbocycles. The van der Waals surface area contributed by atoms with E-state index < -0.39 is 18.4 Å². The van der Waals surface area contributed by atoms with Crippen LogP contribution >= 0.6 is 0 Å². The largest absolute Gasteiger partial charge is 0.491 e. The Hall–Kier alpha value is -1.65. The third-order valence-corrected chi connectivity index (χ3v) is 2.31. The lowest BCUT2D eigenvalue weighted by Crippen LogP contribution is -2.32. The summed E-state index contributed by atoms with van der Waals surface area (Å²) in [7, 11) is 0. The average Bonchev–Trinajstić information content (AvgIpc) is 2.28. The Morgan fingerprint density at radius 2 is 1.83 bits per heavy atom. The van der Waals surface area contributed by atoms with Gasteiger partial charge in [0.2, 0.25) is 0 Å². The highest BCUT2D eigenvalue weighted by molar-refractivity contribution is 5.79. The van der Waals surface area contributed by atoms with Gasteiger partial charge in [-0.3, -0.25) is 4.79 Å². The summed E-state index contributed by atoms with van der Waals surface area (Å²) >= 11 is 0. The summed E-state index contributed by atoms with van der Waals surface area (Å²) in [5.41, 5.74) is 0.681. The van der Waals surface area contributed by atoms with Crippen LogP contribution in [0.5, 0.6) is 5.75 Å². The van der Waals surface area contributed by atoms with E-state index in [0.29, 0.717) is 11.3 Å². The summed E-state index contributed by atoms with van der Waals surface area (Å²) in [6, 6.07) is 6.53. The van der Waals surface area contributed by atoms with Crippen LogP contribution in [0.4, 0.5) is 8.78 Å². The topological polar surface area (TPSA) is 38.3 Å². The van der Waals surface area contributed by atoms with E-state index in [0.717, 1.165) is 0 Å². The maximum Gasteiger partial charge on any atom is 0.315 e. The fourth-order valence-corrected chi connectivity index (χ4v) is 1.55. The van der Waals surface area contributed by atoms with Gasteiger partial charge in [0, 0.05) is 5.56 Å². The van der Waals surface area contributed by atoms with Gasteiger partial charge in [-0.25, -0.2) is 0 Å². The highest BCUT2D eigenvalue weighted by atomic mass is 19.3. The smallest absolute Gasteiger partial charge is 0.315 e. The van der Waals surface area contributed by atoms with E-state index in [2.05, 4.69) is 5.32 Å². The monoisotopic (exact) mass is 257 g/mol. The summed E-state index contributed by atoms with van der Waals surface area (Å²) in [4.78, 5) is 11.0. The van der Waals surface area contributed by atoms with Gasteiger partial charge in [0.05, 0.1) is 12.1 Å². The molecule has 0 aliphatic heterocycles. The molecule has 0 radical (unpaired) electrons. The molecule has 0 bridgehead atoms. The quantitative estimate of drug-likeness (QED) is 0.880. The third kappa shape index (κ3) is 3.98. The van der Waals surface area contributed by atoms with Crippen molar-refractivity contribution in [2.24, 2.45) is 0 Å². The van der Waals surface area contributed by atoms with Gasteiger partial charge in [-0.05, 0) is 26.8 Å². The first kappa shape index (κ1) is 14.4. The molecule has 3 nitrogen and oxygen atoms in total. The Bertz CT molecular complexity index is 408. The second-order valence-electron chi connectivity index (χ2n) is 4.24. The van der Waals surface area contributed by atoms with Crippen molar-refractivity contribution in [1.29, 1.82) is 0 Å². The van der Waals surface area contributed by atoms with Gasteiger partial charge in [-0.2, -0.15) is 8.78 Å². The minimum absolute atomic E-state index is 0.0239. The Morgan fingerprint density at radius 3 is 2.39 bits per heavy atom. The first-order chi connectivity index (χ1) is 8.41. The zero-order chi connectivity index (χ0) is 13.7. The molecule has 1 aromatic carbocycles. The van der Waals surface area contributed by atoms with E-state index in [4.69, 9.17) is 4.74 Å². The van der Waals surface area contributed by atoms with Gasteiger partial charge in [0.1, 0.15) is 5.75 Å². The van der Waals surface area contributed by atoms with Gasteiger partial charge in [0.15, 0.2) is 0 Å². The van der Waals surface area contributed by atoms with E-state index >= 15 is 0 Å². The Balaban J connectivity index is 2.84. The minimum Gasteiger partial charge on any atom is -0.491 e. The van der Waals surface area contributed by atoms with Gasteiger partial charge < -0.3 is 10.1 Å². The number of benzene rings is 1. The number of carbonyl (C=O) groups excluding carboxylic acids is 1. The van der Waals surface area contributed by atoms with Crippen LogP contribution in [0.2, 0.25) is 0 Å². The van der Waals surface area contributed by atoms with E-state index in [1.54, 1.807) is 31.2 Å². The number of rotatable bonds is 5. The standard InChI is InChI=1S/C13H17F2NO2/c1-8(2)18-11-7-5-4-6-10(11)9(3)16-13(17)12(14)15/h4-9,12H,1-3H3,(H,16,17). The van der Waals surface area contributed by atoms with Crippen LogP contribution in [0, 0.1) is 0 Å². The Kier molecular flexibility index (Phi) is 5.07. The van der Waals surface area contributed by atoms with Crippen molar-refractivity contribution in [3.05, 3.63) is 29.8 Å². The Morgan fingerprint density at radius 1 is 1.22 bits per heavy atom. The summed E-state index contributed by atoms with van der Waals surface area (Å²) in [6.07, 6.45) is -3.03. The molecule has 1 unspecified atom stereocenters. The van der Waals surface area contributed by atoms with E-state index in [9.17, 15) is 13.6 Å². The van der Waals surface area contributed by atoms with E-state index in [1.807, 2.05) is 13.8 Å². The third-order valence-electron chi connectivity index (χ3n) is 2.31. The molecule has 0 saturated carbocycles. The lowest BCUT2D eigenvalue weighted by atomic mass is 10.1. The summed E-state index contributed by atoms with van der Waals surface area (Å²) in [6.45, 7) is 5.39. The van der Waals surface area contributed by atoms with Crippen LogP contribution in [-0.4, -0.2) is 18.4 Å². The molecule has 100 valence electrons. The lowest BCUT2D eigenvalue weighted by Gasteiger charge is -2.19. The zero-order valence-corrected chi connectivity index (χ0v) is 10.6. The van der Waals surface area contributed by atoms with Crippen molar-refractivity contribution in [1.82, 2.24) is 5.32 Å². The van der Waals surface area contributed by atoms with Crippen LogP contribution in [0.3, 0.4) is 0 Å². The fourth-order valence-electron chi connectivity index (χ4n) is 1.55. The van der Waals surface area contributed by atoms with Crippen LogP contribution in [-0.2, 0) is 4.79 Å². The predicted octanol–water partition coefficient (Wildman–Crippen LogP) is 2.92. The number of amides is 1. The SMILES string of the molecule is CC(C)Oc1ccccc1C(C)NC(=O)C(F)F. The van der Waals surface area contributed by atoms with Crippen LogP contribution in [0.15, 0.2) is 24.3 Å². The molecule has 1 rings (SSSR count). The fraction of sp³-hybridized carbons (Fsp3) is 0.462. The lowest BCUT2D eigenvalue weighted by molar-refractivity contribution is -0.132. The maximum absolute atomic E-state index is 12.2. The number of nitrogens with one attached hydrogen (secondary N) is 1. The summed E-state index contributed by atoms with van der Waals surface area (Å²) in [5.74, 6) is -0.684. The molecular formula is C13H17F2NO2. The number of ether oxygens (including phenoxy) is 1. The molecule has 1 aromatic rings. The molecule has 5 heteroatoms. The first-order valence-corrected chi connectivity index (χ1v) is 5.76.